The summed E-state index contributed by atoms with van der Waals surface area (Å²) in [5, 5.41) is 12.2. The number of hydrogen-bond acceptors (Lipinski definition) is 5. The number of amides is 2. The van der Waals surface area contributed by atoms with Gasteiger partial charge in [-0.15, -0.1) is 0 Å². The van der Waals surface area contributed by atoms with Crippen LogP contribution in [0.2, 0.25) is 0 Å². The van der Waals surface area contributed by atoms with Crippen molar-refractivity contribution in [1.82, 2.24) is 10.2 Å². The monoisotopic (exact) mass is 466 g/mol. The van der Waals surface area contributed by atoms with Crippen LogP contribution in [0.15, 0.2) is 48.5 Å². The number of likely N-dealkylation sites (tertiary alicyclic amines) is 1. The highest BCUT2D eigenvalue weighted by Gasteiger charge is 2.36. The van der Waals surface area contributed by atoms with Gasteiger partial charge in [0.1, 0.15) is 18.7 Å². The molecule has 2 N–H and O–H groups in total. The number of methoxy groups -OCH3 is 1. The first kappa shape index (κ1) is 23.8. The normalized spacial score (nSPS) is 18.4. The highest BCUT2D eigenvalue weighted by Crippen LogP contribution is 2.44. The number of rotatable bonds is 7. The lowest BCUT2D eigenvalue weighted by molar-refractivity contribution is -0.151. The highest BCUT2D eigenvalue weighted by molar-refractivity contribution is 5.89. The number of fused-ring (bicyclic) bond motifs is 3. The maximum absolute atomic E-state index is 13.2. The molecule has 0 spiro atoms. The molecule has 4 rings (SSSR count). The second-order valence-corrected chi connectivity index (χ2v) is 8.71. The summed E-state index contributed by atoms with van der Waals surface area (Å²) in [5.41, 5.74) is 4.44. The molecule has 2 aliphatic rings. The van der Waals surface area contributed by atoms with E-state index in [0.717, 1.165) is 41.5 Å². The van der Waals surface area contributed by atoms with E-state index >= 15 is 0 Å². The fourth-order valence-electron chi connectivity index (χ4n) is 4.95. The van der Waals surface area contributed by atoms with E-state index in [2.05, 4.69) is 17.4 Å². The first-order chi connectivity index (χ1) is 16.5. The standard InChI is InChI=1S/C26H30N2O6/c1-33-16-22(24(29)28-14-8-2-3-13-23(28)25(30)31)27-26(32)34-15-21-19-11-6-4-9-17(19)18-10-5-7-12-20(18)21/h4-7,9-12,21-23H,2-3,8,13-16H2,1H3,(H,27,32)(H,30,31)/t22-,23?/m0/s1. The zero-order chi connectivity index (χ0) is 24.1. The van der Waals surface area contributed by atoms with Crippen molar-refractivity contribution < 1.29 is 29.0 Å². The summed E-state index contributed by atoms with van der Waals surface area (Å²) in [4.78, 5) is 39.0. The van der Waals surface area contributed by atoms with E-state index in [9.17, 15) is 19.5 Å². The zero-order valence-corrected chi connectivity index (χ0v) is 19.2. The Bertz CT molecular complexity index is 1010. The van der Waals surface area contributed by atoms with Crippen molar-refractivity contribution in [2.24, 2.45) is 0 Å². The molecule has 1 saturated heterocycles. The molecule has 1 fully saturated rings. The lowest BCUT2D eigenvalue weighted by atomic mass is 9.98. The van der Waals surface area contributed by atoms with Crippen LogP contribution in [0.3, 0.4) is 0 Å². The number of ether oxygens (including phenoxy) is 2. The SMILES string of the molecule is COC[C@H](NC(=O)OCC1c2ccccc2-c2ccccc21)C(=O)N1CCCCCC1C(=O)O. The molecule has 2 amide bonds. The summed E-state index contributed by atoms with van der Waals surface area (Å²) in [5.74, 6) is -1.60. The van der Waals surface area contributed by atoms with E-state index < -0.39 is 30.1 Å². The first-order valence-corrected chi connectivity index (χ1v) is 11.6. The number of nitrogens with zero attached hydrogens (tertiary/aromatic N) is 1. The molecule has 2 aromatic carbocycles. The molecule has 1 heterocycles. The Morgan fingerprint density at radius 1 is 1.03 bits per heavy atom. The van der Waals surface area contributed by atoms with Crippen molar-refractivity contribution in [2.45, 2.75) is 43.7 Å². The Morgan fingerprint density at radius 2 is 1.68 bits per heavy atom. The van der Waals surface area contributed by atoms with Crippen molar-refractivity contribution in [2.75, 3.05) is 26.9 Å². The third kappa shape index (κ3) is 4.92. The summed E-state index contributed by atoms with van der Waals surface area (Å²) < 4.78 is 10.7. The first-order valence-electron chi connectivity index (χ1n) is 11.6. The molecule has 1 unspecified atom stereocenters. The van der Waals surface area contributed by atoms with Crippen LogP contribution in [-0.2, 0) is 19.1 Å². The third-order valence-electron chi connectivity index (χ3n) is 6.59. The van der Waals surface area contributed by atoms with Gasteiger partial charge >= 0.3 is 12.1 Å². The van der Waals surface area contributed by atoms with E-state index in [1.165, 1.54) is 12.0 Å². The van der Waals surface area contributed by atoms with Gasteiger partial charge < -0.3 is 24.8 Å². The van der Waals surface area contributed by atoms with Crippen molar-refractivity contribution in [3.8, 4) is 11.1 Å². The van der Waals surface area contributed by atoms with Gasteiger partial charge in [-0.1, -0.05) is 61.4 Å². The van der Waals surface area contributed by atoms with Crippen LogP contribution < -0.4 is 5.32 Å². The Hall–Kier alpha value is -3.39. The molecule has 1 aliphatic carbocycles. The van der Waals surface area contributed by atoms with Gasteiger partial charge in [-0.05, 0) is 35.1 Å². The molecule has 2 aromatic rings. The Kier molecular flexibility index (Phi) is 7.47. The van der Waals surface area contributed by atoms with Gasteiger partial charge in [0.05, 0.1) is 6.61 Å². The quantitative estimate of drug-likeness (QED) is 0.648. The molecule has 0 aromatic heterocycles. The van der Waals surface area contributed by atoms with Crippen LogP contribution in [0.4, 0.5) is 4.79 Å². The number of aliphatic carboxylic acids is 1. The molecule has 1 aliphatic heterocycles. The van der Waals surface area contributed by atoms with E-state index in [1.807, 2.05) is 36.4 Å². The lowest BCUT2D eigenvalue weighted by Crippen LogP contribution is -2.55. The minimum atomic E-state index is -1.03. The minimum absolute atomic E-state index is 0.0775. The molecular formula is C26H30N2O6. The van der Waals surface area contributed by atoms with Crippen molar-refractivity contribution in [1.29, 1.82) is 0 Å². The number of carbonyl (C=O) groups is 3. The smallest absolute Gasteiger partial charge is 0.407 e. The molecular weight excluding hydrogens is 436 g/mol. The summed E-state index contributed by atoms with van der Waals surface area (Å²) in [7, 11) is 1.43. The highest BCUT2D eigenvalue weighted by atomic mass is 16.5. The number of hydrogen-bond donors (Lipinski definition) is 2. The summed E-state index contributed by atoms with van der Waals surface area (Å²) in [6, 6.07) is 14.1. The molecule has 0 radical (unpaired) electrons. The minimum Gasteiger partial charge on any atom is -0.480 e. The van der Waals surface area contributed by atoms with Crippen molar-refractivity contribution in [3.63, 3.8) is 0 Å². The second-order valence-electron chi connectivity index (χ2n) is 8.71. The summed E-state index contributed by atoms with van der Waals surface area (Å²) >= 11 is 0. The lowest BCUT2D eigenvalue weighted by Gasteiger charge is -2.30. The van der Waals surface area contributed by atoms with E-state index in [4.69, 9.17) is 9.47 Å². The zero-order valence-electron chi connectivity index (χ0n) is 19.2. The molecule has 34 heavy (non-hydrogen) atoms. The fourth-order valence-corrected chi connectivity index (χ4v) is 4.95. The third-order valence-corrected chi connectivity index (χ3v) is 6.59. The predicted molar refractivity (Wildman–Crippen MR) is 125 cm³/mol. The maximum atomic E-state index is 13.2. The van der Waals surface area contributed by atoms with Crippen LogP contribution in [-0.4, -0.2) is 66.9 Å². The average molecular weight is 467 g/mol. The van der Waals surface area contributed by atoms with Crippen molar-refractivity contribution in [3.05, 3.63) is 59.7 Å². The van der Waals surface area contributed by atoms with Gasteiger partial charge in [-0.25, -0.2) is 9.59 Å². The van der Waals surface area contributed by atoms with Gasteiger partial charge in [0, 0.05) is 19.6 Å². The van der Waals surface area contributed by atoms with E-state index in [0.29, 0.717) is 13.0 Å². The van der Waals surface area contributed by atoms with Crippen molar-refractivity contribution >= 4 is 18.0 Å². The Morgan fingerprint density at radius 3 is 2.29 bits per heavy atom. The van der Waals surface area contributed by atoms with Crippen LogP contribution in [0.1, 0.15) is 42.7 Å². The Labute approximate surface area is 198 Å². The maximum Gasteiger partial charge on any atom is 0.407 e. The number of alkyl carbamates (subject to hydrolysis) is 1. The van der Waals surface area contributed by atoms with Crippen LogP contribution in [0.25, 0.3) is 11.1 Å². The van der Waals surface area contributed by atoms with Gasteiger partial charge in [-0.2, -0.15) is 0 Å². The fraction of sp³-hybridized carbons (Fsp3) is 0.423. The van der Waals surface area contributed by atoms with Crippen LogP contribution in [0.5, 0.6) is 0 Å². The number of carboxylic acid groups (broad SMARTS) is 1. The molecule has 8 nitrogen and oxygen atoms in total. The van der Waals surface area contributed by atoms with E-state index in [-0.39, 0.29) is 19.1 Å². The summed E-state index contributed by atoms with van der Waals surface area (Å²) in [6.45, 7) is 0.378. The molecule has 0 saturated carbocycles. The molecule has 8 heteroatoms. The van der Waals surface area contributed by atoms with E-state index in [1.54, 1.807) is 0 Å². The van der Waals surface area contributed by atoms with Crippen LogP contribution >= 0.6 is 0 Å². The molecule has 2 atom stereocenters. The number of carbonyl (C=O) groups excluding carboxylic acids is 2. The number of nitrogens with one attached hydrogen (secondary N) is 1. The molecule has 180 valence electrons. The van der Waals surface area contributed by atoms with Crippen LogP contribution in [0, 0.1) is 0 Å². The van der Waals surface area contributed by atoms with Gasteiger partial charge in [0.15, 0.2) is 0 Å². The second kappa shape index (κ2) is 10.7. The Balaban J connectivity index is 1.44. The largest absolute Gasteiger partial charge is 0.480 e. The summed E-state index contributed by atoms with van der Waals surface area (Å²) in [6.07, 6.45) is 1.99. The van der Waals surface area contributed by atoms with Gasteiger partial charge in [0.25, 0.3) is 0 Å². The predicted octanol–water partition coefficient (Wildman–Crippen LogP) is 3.40. The number of benzene rings is 2. The number of carboxylic acids is 1. The topological polar surface area (TPSA) is 105 Å². The van der Waals surface area contributed by atoms with Gasteiger partial charge in [0.2, 0.25) is 5.91 Å². The molecule has 0 bridgehead atoms. The van der Waals surface area contributed by atoms with Gasteiger partial charge in [-0.3, -0.25) is 4.79 Å². The average Bonchev–Trinajstić information content (AvgIpc) is 2.97.